The second-order valence-electron chi connectivity index (χ2n) is 12.0. The molecule has 0 amide bonds. The quantitative estimate of drug-likeness (QED) is 0.168. The average molecular weight is 665 g/mol. The second-order valence-corrected chi connectivity index (χ2v) is 12.9. The first-order chi connectivity index (χ1) is 24.9. The Hall–Kier alpha value is -6.38. The van der Waals surface area contributed by atoms with Gasteiger partial charge in [0, 0.05) is 40.2 Å². The summed E-state index contributed by atoms with van der Waals surface area (Å²) in [6.07, 6.45) is 8.81. The molecule has 1 aliphatic carbocycles. The molecule has 5 aromatic heterocycles. The van der Waals surface area contributed by atoms with Crippen LogP contribution in [0.4, 0.5) is 0 Å². The van der Waals surface area contributed by atoms with Gasteiger partial charge in [-0.15, -0.1) is 21.5 Å². The Kier molecular flexibility index (Phi) is 7.48. The molecule has 2 atom stereocenters. The molecule has 238 valence electrons. The van der Waals surface area contributed by atoms with Crippen molar-refractivity contribution in [3.8, 4) is 0 Å². The van der Waals surface area contributed by atoms with Crippen LogP contribution in [0.3, 0.4) is 0 Å². The fourth-order valence-electron chi connectivity index (χ4n) is 7.57. The average Bonchev–Trinajstić information content (AvgIpc) is 3.94. The summed E-state index contributed by atoms with van der Waals surface area (Å²) in [5.41, 5.74) is 6.36. The van der Waals surface area contributed by atoms with Crippen LogP contribution in [0, 0.1) is 0 Å². The van der Waals surface area contributed by atoms with Crippen LogP contribution in [0.25, 0.3) is 33.1 Å². The largest absolute Gasteiger partial charge is 0.469 e. The van der Waals surface area contributed by atoms with Gasteiger partial charge in [0.2, 0.25) is 0 Å². The van der Waals surface area contributed by atoms with E-state index in [-0.39, 0.29) is 0 Å². The van der Waals surface area contributed by atoms with E-state index in [0.717, 1.165) is 60.5 Å². The summed E-state index contributed by atoms with van der Waals surface area (Å²) in [5.74, 6) is 0.849. The third-order valence-electron chi connectivity index (χ3n) is 9.40. The number of furan rings is 1. The Bertz CT molecular complexity index is 2460. The zero-order chi connectivity index (χ0) is 33.3. The van der Waals surface area contributed by atoms with Crippen molar-refractivity contribution >= 4 is 44.4 Å². The number of thiophene rings is 1. The molecule has 7 nitrogen and oxygen atoms in total. The van der Waals surface area contributed by atoms with Crippen molar-refractivity contribution in [2.24, 2.45) is 0 Å². The van der Waals surface area contributed by atoms with Crippen molar-refractivity contribution < 1.29 is 4.42 Å². The van der Waals surface area contributed by atoms with Crippen LogP contribution in [0.1, 0.15) is 44.9 Å². The molecular formula is C42H28N6OS. The first-order valence-corrected chi connectivity index (χ1v) is 17.2. The van der Waals surface area contributed by atoms with Gasteiger partial charge in [0.15, 0.2) is 5.82 Å². The van der Waals surface area contributed by atoms with Crippen molar-refractivity contribution in [1.29, 1.82) is 0 Å². The van der Waals surface area contributed by atoms with Crippen LogP contribution >= 0.6 is 11.3 Å². The summed E-state index contributed by atoms with van der Waals surface area (Å²) in [4.78, 5) is 16.0. The highest BCUT2D eigenvalue weighted by molar-refractivity contribution is 7.10. The fourth-order valence-corrected chi connectivity index (χ4v) is 8.56. The maximum absolute atomic E-state index is 6.52. The Balaban J connectivity index is 1.62. The molecule has 0 saturated heterocycles. The van der Waals surface area contributed by atoms with Crippen molar-refractivity contribution in [3.63, 3.8) is 0 Å². The first-order valence-electron chi connectivity index (χ1n) is 16.3. The highest BCUT2D eigenvalue weighted by atomic mass is 32.1. The number of aromatic nitrogens is 6. The number of fused-ring (bicyclic) bond motifs is 1. The topological polar surface area (TPSA) is 90.5 Å². The zero-order valence-electron chi connectivity index (χ0n) is 26.7. The molecule has 8 aromatic rings. The van der Waals surface area contributed by atoms with Gasteiger partial charge in [-0.1, -0.05) is 84.9 Å². The summed E-state index contributed by atoms with van der Waals surface area (Å²) in [6.45, 7) is 0. The molecule has 0 aliphatic heterocycles. The van der Waals surface area contributed by atoms with Crippen molar-refractivity contribution in [3.05, 3.63) is 203 Å². The minimum Gasteiger partial charge on any atom is -0.469 e. The van der Waals surface area contributed by atoms with Crippen molar-refractivity contribution in [2.45, 2.75) is 11.3 Å². The maximum Gasteiger partial charge on any atom is 0.160 e. The predicted molar refractivity (Wildman–Crippen MR) is 197 cm³/mol. The van der Waals surface area contributed by atoms with Crippen molar-refractivity contribution in [1.82, 2.24) is 30.4 Å². The lowest BCUT2D eigenvalue weighted by Crippen LogP contribution is -2.40. The third kappa shape index (κ3) is 4.72. The lowest BCUT2D eigenvalue weighted by Gasteiger charge is -2.48. The maximum atomic E-state index is 6.52. The van der Waals surface area contributed by atoms with Crippen LogP contribution in [-0.2, 0) is 5.41 Å². The fraction of sp³-hybridized carbons (Fsp3) is 0.0476. The smallest absolute Gasteiger partial charge is 0.160 e. The van der Waals surface area contributed by atoms with Gasteiger partial charge >= 0.3 is 0 Å². The van der Waals surface area contributed by atoms with Gasteiger partial charge in [0.1, 0.15) is 5.76 Å². The zero-order valence-corrected chi connectivity index (χ0v) is 27.5. The number of benzene rings is 3. The molecule has 0 spiro atoms. The monoisotopic (exact) mass is 664 g/mol. The third-order valence-corrected chi connectivity index (χ3v) is 10.4. The van der Waals surface area contributed by atoms with E-state index in [4.69, 9.17) is 24.5 Å². The van der Waals surface area contributed by atoms with E-state index in [1.54, 1.807) is 36.2 Å². The molecule has 0 radical (unpaired) electrons. The van der Waals surface area contributed by atoms with Crippen LogP contribution in [0.5, 0.6) is 0 Å². The van der Waals surface area contributed by atoms with Gasteiger partial charge in [0.25, 0.3) is 0 Å². The molecule has 2 unspecified atom stereocenters. The highest BCUT2D eigenvalue weighted by Gasteiger charge is 2.56. The minimum absolute atomic E-state index is 0.463. The molecule has 1 aliphatic rings. The summed E-state index contributed by atoms with van der Waals surface area (Å²) in [7, 11) is 0. The Labute approximate surface area is 292 Å². The minimum atomic E-state index is -0.872. The molecule has 0 saturated carbocycles. The van der Waals surface area contributed by atoms with E-state index >= 15 is 0 Å². The van der Waals surface area contributed by atoms with E-state index in [2.05, 4.69) is 113 Å². The van der Waals surface area contributed by atoms with Crippen LogP contribution in [-0.4, -0.2) is 30.4 Å². The van der Waals surface area contributed by atoms with Crippen LogP contribution in [0.15, 0.2) is 168 Å². The lowest BCUT2D eigenvalue weighted by molar-refractivity contribution is 0.450. The Morgan fingerprint density at radius 1 is 0.620 bits per heavy atom. The van der Waals surface area contributed by atoms with Crippen LogP contribution < -0.4 is 0 Å². The van der Waals surface area contributed by atoms with E-state index in [9.17, 15) is 0 Å². The first kappa shape index (κ1) is 29.7. The van der Waals surface area contributed by atoms with E-state index < -0.39 is 11.3 Å². The number of hydrogen-bond acceptors (Lipinski definition) is 8. The molecule has 5 heterocycles. The Morgan fingerprint density at radius 2 is 1.44 bits per heavy atom. The van der Waals surface area contributed by atoms with Gasteiger partial charge in [-0.2, -0.15) is 0 Å². The molecule has 0 bridgehead atoms. The Morgan fingerprint density at radius 3 is 2.20 bits per heavy atom. The van der Waals surface area contributed by atoms with E-state index in [1.165, 1.54) is 0 Å². The van der Waals surface area contributed by atoms with E-state index in [0.29, 0.717) is 11.5 Å². The van der Waals surface area contributed by atoms with Gasteiger partial charge in [-0.3, -0.25) is 4.98 Å². The van der Waals surface area contributed by atoms with Crippen LogP contribution in [0.2, 0.25) is 0 Å². The summed E-state index contributed by atoms with van der Waals surface area (Å²) in [5, 5.41) is 17.3. The standard InChI is InChI=1S/C42H28N6OS/c1-2-14-29(15-3-1)42(35-20-10-27-50-35)39(31-17-8-13-28-12-4-5-16-30(28)31)36(32-18-6-7-22-43-32)38(41-44-23-11-24-45-41)37(33-21-25-46-48-47-33)40(42)34-19-9-26-49-34/h1-27,40H. The molecule has 9 rings (SSSR count). The van der Waals surface area contributed by atoms with Gasteiger partial charge in [-0.25, -0.2) is 9.97 Å². The summed E-state index contributed by atoms with van der Waals surface area (Å²) >= 11 is 1.72. The number of rotatable bonds is 7. The van der Waals surface area contributed by atoms with E-state index in [1.807, 2.05) is 36.5 Å². The predicted octanol–water partition coefficient (Wildman–Crippen LogP) is 9.17. The van der Waals surface area contributed by atoms with Gasteiger partial charge < -0.3 is 4.42 Å². The molecule has 3 aromatic carbocycles. The highest BCUT2D eigenvalue weighted by Crippen LogP contribution is 2.66. The number of pyridine rings is 1. The number of allylic oxidation sites excluding steroid dienone is 4. The van der Waals surface area contributed by atoms with Gasteiger partial charge in [-0.05, 0) is 80.5 Å². The molecule has 0 N–H and O–H groups in total. The molecule has 8 heteroatoms. The van der Waals surface area contributed by atoms with Gasteiger partial charge in [0.05, 0.1) is 35.2 Å². The number of nitrogens with zero attached hydrogens (tertiary/aromatic N) is 6. The summed E-state index contributed by atoms with van der Waals surface area (Å²) in [6, 6.07) is 43.9. The summed E-state index contributed by atoms with van der Waals surface area (Å²) < 4.78 is 6.52. The molecule has 0 fully saturated rings. The second kappa shape index (κ2) is 12.6. The molecule has 50 heavy (non-hydrogen) atoms. The number of hydrogen-bond donors (Lipinski definition) is 0. The van der Waals surface area contributed by atoms with Crippen molar-refractivity contribution in [2.75, 3.05) is 0 Å². The molecular weight excluding hydrogens is 637 g/mol. The lowest BCUT2D eigenvalue weighted by atomic mass is 9.54. The SMILES string of the molecule is c1ccc(C2(c3cccs3)C(c3cccc4ccccc34)=C(c3ccccn3)C(c3ncccn3)=C(c3ccnnn3)C2c2ccco2)cc1. The normalized spacial score (nSPS) is 17.7.